The summed E-state index contributed by atoms with van der Waals surface area (Å²) in [7, 11) is 3.75. The number of hydrogen-bond acceptors (Lipinski definition) is 2. The molecule has 0 fully saturated rings. The zero-order chi connectivity index (χ0) is 17.9. The molecule has 0 aliphatic rings. The third kappa shape index (κ3) is 4.81. The first-order valence-electron chi connectivity index (χ1n) is 7.14. The summed E-state index contributed by atoms with van der Waals surface area (Å²) < 4.78 is 14.1. The topological polar surface area (TPSA) is 32.3 Å². The molecule has 1 amide bonds. The van der Waals surface area contributed by atoms with Crippen molar-refractivity contribution in [1.82, 2.24) is 10.2 Å². The maximum absolute atomic E-state index is 13.5. The first-order valence-corrected chi connectivity index (χ1v) is 8.97. The molecule has 1 unspecified atom stereocenters. The van der Waals surface area contributed by atoms with Crippen LogP contribution in [0.4, 0.5) is 4.39 Å². The Labute approximate surface area is 164 Å². The number of nitrogens with zero attached hydrogens (tertiary/aromatic N) is 1. The Kier molecular flexibility index (Phi) is 6.86. The SMILES string of the molecule is CN(C)C(CNC(=O)c1cc(Cl)cc(Cl)c1I)c1cccc(F)c1. The number of amides is 1. The van der Waals surface area contributed by atoms with Gasteiger partial charge in [0.05, 0.1) is 16.6 Å². The van der Waals surface area contributed by atoms with Gasteiger partial charge in [-0.05, 0) is 66.5 Å². The fourth-order valence-electron chi connectivity index (χ4n) is 2.32. The van der Waals surface area contributed by atoms with E-state index in [-0.39, 0.29) is 17.8 Å². The molecule has 0 aliphatic carbocycles. The van der Waals surface area contributed by atoms with Crippen LogP contribution >= 0.6 is 45.8 Å². The lowest BCUT2D eigenvalue weighted by atomic mass is 10.1. The molecule has 0 saturated carbocycles. The number of benzene rings is 2. The summed E-state index contributed by atoms with van der Waals surface area (Å²) in [5.41, 5.74) is 1.21. The molecule has 0 aromatic heterocycles. The quantitative estimate of drug-likeness (QED) is 0.493. The summed E-state index contributed by atoms with van der Waals surface area (Å²) in [5.74, 6) is -0.575. The number of carbonyl (C=O) groups is 1. The minimum Gasteiger partial charge on any atom is -0.350 e. The third-order valence-corrected chi connectivity index (χ3v) is 5.55. The molecule has 0 saturated heterocycles. The van der Waals surface area contributed by atoms with E-state index in [1.165, 1.54) is 12.1 Å². The van der Waals surface area contributed by atoms with Crippen molar-refractivity contribution in [2.75, 3.05) is 20.6 Å². The average Bonchev–Trinajstić information content (AvgIpc) is 2.50. The van der Waals surface area contributed by atoms with Gasteiger partial charge in [-0.15, -0.1) is 0 Å². The molecule has 7 heteroatoms. The van der Waals surface area contributed by atoms with Gasteiger partial charge in [0.15, 0.2) is 0 Å². The van der Waals surface area contributed by atoms with Crippen LogP contribution in [0.5, 0.6) is 0 Å². The lowest BCUT2D eigenvalue weighted by Crippen LogP contribution is -2.35. The Hall–Kier alpha value is -0.890. The van der Waals surface area contributed by atoms with E-state index < -0.39 is 0 Å². The van der Waals surface area contributed by atoms with Crippen molar-refractivity contribution < 1.29 is 9.18 Å². The van der Waals surface area contributed by atoms with Crippen LogP contribution in [-0.2, 0) is 0 Å². The van der Waals surface area contributed by atoms with Gasteiger partial charge in [-0.2, -0.15) is 0 Å². The van der Waals surface area contributed by atoms with Crippen molar-refractivity contribution in [2.24, 2.45) is 0 Å². The first-order chi connectivity index (χ1) is 11.3. The van der Waals surface area contributed by atoms with Crippen LogP contribution in [0.15, 0.2) is 36.4 Å². The molecular weight excluding hydrogens is 465 g/mol. The highest BCUT2D eigenvalue weighted by Gasteiger charge is 2.18. The smallest absolute Gasteiger partial charge is 0.252 e. The van der Waals surface area contributed by atoms with Gasteiger partial charge in [-0.1, -0.05) is 35.3 Å². The second kappa shape index (κ2) is 8.47. The molecule has 0 bridgehead atoms. The number of carbonyl (C=O) groups excluding carboxylic acids is 1. The predicted molar refractivity (Wildman–Crippen MR) is 104 cm³/mol. The second-order valence-electron chi connectivity index (χ2n) is 5.49. The first kappa shape index (κ1) is 19.4. The lowest BCUT2D eigenvalue weighted by Gasteiger charge is -2.25. The monoisotopic (exact) mass is 480 g/mol. The molecule has 3 nitrogen and oxygen atoms in total. The summed E-state index contributed by atoms with van der Waals surface area (Å²) in [5, 5.41) is 3.70. The Morgan fingerprint density at radius 1 is 1.29 bits per heavy atom. The van der Waals surface area contributed by atoms with Gasteiger partial charge in [0.25, 0.3) is 5.91 Å². The highest BCUT2D eigenvalue weighted by atomic mass is 127. The molecule has 2 aromatic carbocycles. The number of nitrogens with one attached hydrogen (secondary N) is 1. The molecule has 0 radical (unpaired) electrons. The van der Waals surface area contributed by atoms with Crippen LogP contribution in [0.3, 0.4) is 0 Å². The van der Waals surface area contributed by atoms with E-state index in [9.17, 15) is 9.18 Å². The Morgan fingerprint density at radius 2 is 2.00 bits per heavy atom. The van der Waals surface area contributed by atoms with Gasteiger partial charge in [0.1, 0.15) is 5.82 Å². The van der Waals surface area contributed by atoms with Crippen molar-refractivity contribution in [2.45, 2.75) is 6.04 Å². The van der Waals surface area contributed by atoms with Gasteiger partial charge in [0.2, 0.25) is 0 Å². The fourth-order valence-corrected chi connectivity index (χ4v) is 3.37. The third-order valence-electron chi connectivity index (χ3n) is 3.55. The molecule has 24 heavy (non-hydrogen) atoms. The van der Waals surface area contributed by atoms with Crippen molar-refractivity contribution >= 4 is 51.7 Å². The number of likely N-dealkylation sites (N-methyl/N-ethyl adjacent to an activating group) is 1. The van der Waals surface area contributed by atoms with Gasteiger partial charge in [-0.3, -0.25) is 4.79 Å². The summed E-state index contributed by atoms with van der Waals surface area (Å²) in [6.07, 6.45) is 0. The minimum atomic E-state index is -0.304. The highest BCUT2D eigenvalue weighted by molar-refractivity contribution is 14.1. The van der Waals surface area contributed by atoms with E-state index in [0.29, 0.717) is 25.7 Å². The van der Waals surface area contributed by atoms with Crippen molar-refractivity contribution in [3.8, 4) is 0 Å². The highest BCUT2D eigenvalue weighted by Crippen LogP contribution is 2.27. The molecule has 1 atom stereocenters. The van der Waals surface area contributed by atoms with E-state index in [1.54, 1.807) is 18.2 Å². The van der Waals surface area contributed by atoms with Crippen molar-refractivity contribution in [3.63, 3.8) is 0 Å². The number of hydrogen-bond donors (Lipinski definition) is 1. The molecular formula is C17H16Cl2FIN2O. The van der Waals surface area contributed by atoms with Crippen LogP contribution in [-0.4, -0.2) is 31.4 Å². The largest absolute Gasteiger partial charge is 0.350 e. The van der Waals surface area contributed by atoms with Gasteiger partial charge in [0, 0.05) is 15.1 Å². The summed E-state index contributed by atoms with van der Waals surface area (Å²) in [4.78, 5) is 14.4. The normalized spacial score (nSPS) is 12.3. The van der Waals surface area contributed by atoms with E-state index in [0.717, 1.165) is 5.56 Å². The predicted octanol–water partition coefficient (Wildman–Crippen LogP) is 4.77. The van der Waals surface area contributed by atoms with Crippen molar-refractivity contribution in [3.05, 3.63) is 67.0 Å². The summed E-state index contributed by atoms with van der Waals surface area (Å²) in [6.45, 7) is 0.329. The maximum atomic E-state index is 13.5. The van der Waals surface area contributed by atoms with Gasteiger partial charge in [-0.25, -0.2) is 4.39 Å². The molecule has 0 aliphatic heterocycles. The van der Waals surface area contributed by atoms with Crippen molar-refractivity contribution in [1.29, 1.82) is 0 Å². The zero-order valence-electron chi connectivity index (χ0n) is 13.1. The number of halogens is 4. The Morgan fingerprint density at radius 3 is 2.62 bits per heavy atom. The molecule has 2 aromatic rings. The standard InChI is InChI=1S/C17H16Cl2FIN2O/c1-23(2)15(10-4-3-5-12(20)6-10)9-22-17(24)13-7-11(18)8-14(19)16(13)21/h3-8,15H,9H2,1-2H3,(H,22,24). The zero-order valence-corrected chi connectivity index (χ0v) is 16.8. The summed E-state index contributed by atoms with van der Waals surface area (Å²) >= 11 is 14.1. The van der Waals surface area contributed by atoms with E-state index >= 15 is 0 Å². The lowest BCUT2D eigenvalue weighted by molar-refractivity contribution is 0.0941. The van der Waals surface area contributed by atoms with E-state index in [1.807, 2.05) is 47.7 Å². The van der Waals surface area contributed by atoms with Crippen LogP contribution in [0.25, 0.3) is 0 Å². The minimum absolute atomic E-state index is 0.156. The van der Waals surface area contributed by atoms with Crippen LogP contribution in [0.1, 0.15) is 22.0 Å². The van der Waals surface area contributed by atoms with Crippen LogP contribution < -0.4 is 5.32 Å². The molecule has 128 valence electrons. The Bertz CT molecular complexity index is 755. The molecule has 2 rings (SSSR count). The molecule has 1 N–H and O–H groups in total. The van der Waals surface area contributed by atoms with E-state index in [4.69, 9.17) is 23.2 Å². The Balaban J connectivity index is 2.17. The van der Waals surface area contributed by atoms with Crippen LogP contribution in [0.2, 0.25) is 10.0 Å². The molecule has 0 heterocycles. The molecule has 0 spiro atoms. The number of rotatable bonds is 5. The average molecular weight is 481 g/mol. The second-order valence-corrected chi connectivity index (χ2v) is 7.42. The van der Waals surface area contributed by atoms with E-state index in [2.05, 4.69) is 5.32 Å². The van der Waals surface area contributed by atoms with Gasteiger partial charge >= 0.3 is 0 Å². The fraction of sp³-hybridized carbons (Fsp3) is 0.235. The maximum Gasteiger partial charge on any atom is 0.252 e. The van der Waals surface area contributed by atoms with Gasteiger partial charge < -0.3 is 10.2 Å². The summed E-state index contributed by atoms with van der Waals surface area (Å²) in [6, 6.07) is 9.37. The van der Waals surface area contributed by atoms with Crippen LogP contribution in [0, 0.1) is 9.39 Å².